The van der Waals surface area contributed by atoms with Crippen LogP contribution < -0.4 is 0 Å². The molecule has 0 unspecified atom stereocenters. The molecule has 114 valence electrons. The summed E-state index contributed by atoms with van der Waals surface area (Å²) in [7, 11) is 0. The molecule has 4 heteroatoms. The highest BCUT2D eigenvalue weighted by atomic mass is 16.3. The largest absolute Gasteiger partial charge is 0.508 e. The molecule has 0 radical (unpaired) electrons. The van der Waals surface area contributed by atoms with Crippen molar-refractivity contribution >= 4 is 0 Å². The molecule has 4 fully saturated rings. The molecule has 0 spiro atoms. The van der Waals surface area contributed by atoms with E-state index in [0.717, 1.165) is 17.4 Å². The molecule has 22 heavy (non-hydrogen) atoms. The summed E-state index contributed by atoms with van der Waals surface area (Å²) in [6, 6.07) is 7.86. The van der Waals surface area contributed by atoms with Crippen LogP contribution in [0.25, 0.3) is 0 Å². The summed E-state index contributed by atoms with van der Waals surface area (Å²) in [4.78, 5) is 4.23. The maximum Gasteiger partial charge on any atom is 0.137 e. The number of nitrogens with zero attached hydrogens (tertiary/aromatic N) is 3. The third-order valence-electron chi connectivity index (χ3n) is 6.52. The fourth-order valence-corrected chi connectivity index (χ4v) is 6.05. The van der Waals surface area contributed by atoms with Gasteiger partial charge in [-0.2, -0.15) is 5.10 Å². The van der Waals surface area contributed by atoms with Crippen molar-refractivity contribution in [2.24, 2.45) is 23.7 Å². The van der Waals surface area contributed by atoms with Crippen molar-refractivity contribution < 1.29 is 5.11 Å². The molecular formula is C18H21N3O. The first kappa shape index (κ1) is 12.7. The Morgan fingerprint density at radius 2 is 1.68 bits per heavy atom. The predicted octanol–water partition coefficient (Wildman–Crippen LogP) is 3.18. The Bertz CT molecular complexity index is 666. The number of benzene rings is 1. The van der Waals surface area contributed by atoms with E-state index >= 15 is 0 Å². The second-order valence-corrected chi connectivity index (χ2v) is 7.49. The number of aromatic nitrogens is 3. The van der Waals surface area contributed by atoms with Crippen molar-refractivity contribution in [3.8, 4) is 5.75 Å². The summed E-state index contributed by atoms with van der Waals surface area (Å²) in [6.45, 7) is 0. The first-order valence-electron chi connectivity index (χ1n) is 8.42. The zero-order valence-electron chi connectivity index (χ0n) is 12.6. The molecule has 1 N–H and O–H groups in total. The standard InChI is InChI=1S/C18H21N3O/c22-17-4-2-1-3-16(17)18(21-11-19-10-20-21)14-6-12-5-13(8-14)9-15(18)7-12/h1-4,10-15,22H,5-9H2. The van der Waals surface area contributed by atoms with Crippen LogP contribution in [0.5, 0.6) is 5.75 Å². The van der Waals surface area contributed by atoms with Crippen molar-refractivity contribution in [2.75, 3.05) is 0 Å². The lowest BCUT2D eigenvalue weighted by molar-refractivity contribution is -0.0821. The van der Waals surface area contributed by atoms with Gasteiger partial charge in [0.25, 0.3) is 0 Å². The summed E-state index contributed by atoms with van der Waals surface area (Å²) in [5.41, 5.74) is 0.851. The van der Waals surface area contributed by atoms with Gasteiger partial charge in [-0.15, -0.1) is 0 Å². The van der Waals surface area contributed by atoms with Crippen molar-refractivity contribution in [1.82, 2.24) is 14.8 Å². The number of phenolic OH excluding ortho intramolecular Hbond substituents is 1. The lowest BCUT2D eigenvalue weighted by atomic mass is 9.47. The van der Waals surface area contributed by atoms with Gasteiger partial charge in [0.05, 0.1) is 5.54 Å². The van der Waals surface area contributed by atoms with Gasteiger partial charge in [0.2, 0.25) is 0 Å². The maximum atomic E-state index is 10.6. The summed E-state index contributed by atoms with van der Waals surface area (Å²) in [6.07, 6.45) is 9.97. The number of aromatic hydroxyl groups is 1. The molecule has 2 aromatic rings. The summed E-state index contributed by atoms with van der Waals surface area (Å²) < 4.78 is 2.06. The van der Waals surface area contributed by atoms with Crippen LogP contribution in [0.4, 0.5) is 0 Å². The second-order valence-electron chi connectivity index (χ2n) is 7.49. The Kier molecular flexibility index (Phi) is 2.50. The molecule has 4 aliphatic rings. The van der Waals surface area contributed by atoms with Crippen LogP contribution in [0, 0.1) is 23.7 Å². The van der Waals surface area contributed by atoms with Gasteiger partial charge in [0.1, 0.15) is 18.4 Å². The van der Waals surface area contributed by atoms with E-state index in [-0.39, 0.29) is 5.54 Å². The fraction of sp³-hybridized carbons (Fsp3) is 0.556. The van der Waals surface area contributed by atoms with Gasteiger partial charge in [-0.1, -0.05) is 18.2 Å². The molecule has 1 aromatic heterocycles. The molecule has 6 rings (SSSR count). The van der Waals surface area contributed by atoms with Crippen molar-refractivity contribution in [1.29, 1.82) is 0 Å². The van der Waals surface area contributed by atoms with E-state index in [4.69, 9.17) is 0 Å². The minimum absolute atomic E-state index is 0.199. The molecule has 4 nitrogen and oxygen atoms in total. The highest BCUT2D eigenvalue weighted by Crippen LogP contribution is 2.63. The van der Waals surface area contributed by atoms with E-state index in [1.54, 1.807) is 6.33 Å². The van der Waals surface area contributed by atoms with Gasteiger partial charge in [0.15, 0.2) is 0 Å². The van der Waals surface area contributed by atoms with Crippen molar-refractivity contribution in [3.63, 3.8) is 0 Å². The number of para-hydroxylation sites is 1. The molecule has 0 saturated heterocycles. The van der Waals surface area contributed by atoms with Crippen LogP contribution in [0.2, 0.25) is 0 Å². The third kappa shape index (κ3) is 1.48. The normalized spacial score (nSPS) is 39.3. The lowest BCUT2D eigenvalue weighted by Crippen LogP contribution is -2.59. The predicted molar refractivity (Wildman–Crippen MR) is 82.2 cm³/mol. The van der Waals surface area contributed by atoms with Crippen LogP contribution in [0.1, 0.15) is 37.7 Å². The minimum atomic E-state index is -0.199. The zero-order valence-corrected chi connectivity index (χ0v) is 12.6. The number of hydrogen-bond acceptors (Lipinski definition) is 3. The van der Waals surface area contributed by atoms with Crippen LogP contribution in [-0.4, -0.2) is 19.9 Å². The lowest BCUT2D eigenvalue weighted by Gasteiger charge is -2.61. The molecular weight excluding hydrogens is 274 g/mol. The Balaban J connectivity index is 1.76. The number of rotatable bonds is 2. The van der Waals surface area contributed by atoms with Gasteiger partial charge < -0.3 is 5.11 Å². The fourth-order valence-electron chi connectivity index (χ4n) is 6.05. The quantitative estimate of drug-likeness (QED) is 0.925. The zero-order chi connectivity index (χ0) is 14.7. The smallest absolute Gasteiger partial charge is 0.137 e. The average molecular weight is 295 g/mol. The van der Waals surface area contributed by atoms with E-state index in [2.05, 4.69) is 20.8 Å². The van der Waals surface area contributed by atoms with Crippen LogP contribution in [0.15, 0.2) is 36.9 Å². The molecule has 4 aliphatic carbocycles. The average Bonchev–Trinajstić information content (AvgIpc) is 3.03. The SMILES string of the molecule is Oc1ccccc1C1(n2cncn2)C2CC3CC(C2)CC1C3. The summed E-state index contributed by atoms with van der Waals surface area (Å²) in [5, 5.41) is 15.1. The van der Waals surface area contributed by atoms with E-state index in [1.165, 1.54) is 32.1 Å². The Morgan fingerprint density at radius 3 is 2.27 bits per heavy atom. The number of hydrogen-bond donors (Lipinski definition) is 1. The van der Waals surface area contributed by atoms with Crippen molar-refractivity contribution in [2.45, 2.75) is 37.6 Å². The van der Waals surface area contributed by atoms with Crippen LogP contribution in [-0.2, 0) is 5.54 Å². The minimum Gasteiger partial charge on any atom is -0.508 e. The third-order valence-corrected chi connectivity index (χ3v) is 6.52. The summed E-state index contributed by atoms with van der Waals surface area (Å²) in [5.74, 6) is 3.30. The molecule has 0 aliphatic heterocycles. The second kappa shape index (κ2) is 4.34. The van der Waals surface area contributed by atoms with Crippen LogP contribution in [0.3, 0.4) is 0 Å². The van der Waals surface area contributed by atoms with E-state index in [0.29, 0.717) is 17.6 Å². The van der Waals surface area contributed by atoms with Gasteiger partial charge in [0, 0.05) is 5.56 Å². The maximum absolute atomic E-state index is 10.6. The molecule has 4 saturated carbocycles. The van der Waals surface area contributed by atoms with Gasteiger partial charge >= 0.3 is 0 Å². The molecule has 4 bridgehead atoms. The molecule has 1 heterocycles. The first-order chi connectivity index (χ1) is 10.8. The monoisotopic (exact) mass is 295 g/mol. The van der Waals surface area contributed by atoms with Gasteiger partial charge in [-0.25, -0.2) is 9.67 Å². The van der Waals surface area contributed by atoms with E-state index < -0.39 is 0 Å². The van der Waals surface area contributed by atoms with Gasteiger partial charge in [-0.3, -0.25) is 0 Å². The Labute approximate surface area is 130 Å². The van der Waals surface area contributed by atoms with E-state index in [9.17, 15) is 5.11 Å². The highest BCUT2D eigenvalue weighted by molar-refractivity contribution is 5.41. The Morgan fingerprint density at radius 1 is 1.00 bits per heavy atom. The highest BCUT2D eigenvalue weighted by Gasteiger charge is 2.60. The van der Waals surface area contributed by atoms with Crippen molar-refractivity contribution in [3.05, 3.63) is 42.5 Å². The molecule has 1 aromatic carbocycles. The van der Waals surface area contributed by atoms with E-state index in [1.807, 2.05) is 24.5 Å². The Hall–Kier alpha value is -1.84. The molecule has 0 atom stereocenters. The molecule has 0 amide bonds. The first-order valence-corrected chi connectivity index (χ1v) is 8.42. The topological polar surface area (TPSA) is 50.9 Å². The number of phenols is 1. The summed E-state index contributed by atoms with van der Waals surface area (Å²) >= 11 is 0. The van der Waals surface area contributed by atoms with Crippen LogP contribution >= 0.6 is 0 Å². The van der Waals surface area contributed by atoms with Gasteiger partial charge in [-0.05, 0) is 61.8 Å².